The standard InChI is InChI=1S/C38H35F5N4O2.C4H6O6/c39-33-7-3-5-29(36(33)40)14-17-31-23-34(48)32-6-4-18-44-37(32)47(31)25-35(49)46(22-21-45-19-1-2-20-45)24-26-8-10-27(11-9-26)28-12-15-30(16-13-28)38(41,42)43;5-1(3(7)8)2(6)4(9)10/h3-13,15-16,18,23H,1-2,14,17,19-22,24-25H2;1-2,5-6H,(H,7,8)(H,9,10)/t;1-,2-/m.1/s1. The van der Waals surface area contributed by atoms with Crippen LogP contribution in [0.3, 0.4) is 0 Å². The van der Waals surface area contributed by atoms with Gasteiger partial charge >= 0.3 is 18.1 Å². The summed E-state index contributed by atoms with van der Waals surface area (Å²) in [4.78, 5) is 55.3. The van der Waals surface area contributed by atoms with Gasteiger partial charge in [-0.2, -0.15) is 13.2 Å². The minimum absolute atomic E-state index is 0.111. The molecule has 4 N–H and O–H groups in total. The fourth-order valence-electron chi connectivity index (χ4n) is 6.58. The molecule has 0 aliphatic carbocycles. The number of hydrogen-bond acceptors (Lipinski definition) is 8. The lowest BCUT2D eigenvalue weighted by Crippen LogP contribution is -2.39. The first-order chi connectivity index (χ1) is 28.0. The molecule has 1 fully saturated rings. The van der Waals surface area contributed by atoms with Crippen molar-refractivity contribution in [3.63, 3.8) is 0 Å². The van der Waals surface area contributed by atoms with Crippen LogP contribution >= 0.6 is 0 Å². The Morgan fingerprint density at radius 3 is 2.02 bits per heavy atom. The van der Waals surface area contributed by atoms with Gasteiger partial charge in [-0.1, -0.05) is 48.5 Å². The Labute approximate surface area is 334 Å². The topological polar surface area (TPSA) is 174 Å². The van der Waals surface area contributed by atoms with Crippen LogP contribution in [0, 0.1) is 11.6 Å². The molecule has 1 aliphatic rings. The van der Waals surface area contributed by atoms with Gasteiger partial charge in [-0.25, -0.2) is 23.4 Å². The van der Waals surface area contributed by atoms with Crippen molar-refractivity contribution in [3.05, 3.63) is 135 Å². The van der Waals surface area contributed by atoms with E-state index in [1.165, 1.54) is 30.3 Å². The molecule has 1 saturated heterocycles. The van der Waals surface area contributed by atoms with Gasteiger partial charge in [-0.05, 0) is 91.4 Å². The summed E-state index contributed by atoms with van der Waals surface area (Å²) in [6.45, 7) is 3.21. The van der Waals surface area contributed by atoms with Crippen LogP contribution < -0.4 is 5.43 Å². The van der Waals surface area contributed by atoms with Crippen LogP contribution in [0.5, 0.6) is 0 Å². The van der Waals surface area contributed by atoms with Gasteiger partial charge in [0.15, 0.2) is 29.3 Å². The summed E-state index contributed by atoms with van der Waals surface area (Å²) in [5.74, 6) is -5.64. The summed E-state index contributed by atoms with van der Waals surface area (Å²) in [5.41, 5.74) is 2.22. The number of aromatic nitrogens is 2. The van der Waals surface area contributed by atoms with Crippen molar-refractivity contribution in [1.29, 1.82) is 0 Å². The molecule has 2 aromatic heterocycles. The molecule has 3 heterocycles. The molecule has 0 bridgehead atoms. The molecule has 59 heavy (non-hydrogen) atoms. The van der Waals surface area contributed by atoms with Crippen LogP contribution in [0.4, 0.5) is 22.0 Å². The lowest BCUT2D eigenvalue weighted by molar-refractivity contribution is -0.165. The maximum Gasteiger partial charge on any atom is 0.416 e. The Balaban J connectivity index is 0.000000586. The van der Waals surface area contributed by atoms with Crippen LogP contribution in [-0.2, 0) is 46.5 Å². The minimum Gasteiger partial charge on any atom is -0.479 e. The predicted molar refractivity (Wildman–Crippen MR) is 205 cm³/mol. The SMILES string of the molecule is O=C(Cn1c(CCc2cccc(F)c2F)cc(=O)c2cccnc21)N(CCN1CCCC1)Cc1ccc(-c2ccc(C(F)(F)F)cc2)cc1.O=C(O)[C@H](O)[C@@H](O)C(=O)O. The van der Waals surface area contributed by atoms with E-state index in [4.69, 9.17) is 20.4 Å². The van der Waals surface area contributed by atoms with Gasteiger partial charge in [0.25, 0.3) is 0 Å². The first-order valence-corrected chi connectivity index (χ1v) is 18.5. The van der Waals surface area contributed by atoms with Crippen molar-refractivity contribution in [1.82, 2.24) is 19.4 Å². The zero-order valence-corrected chi connectivity index (χ0v) is 31.5. The third-order valence-corrected chi connectivity index (χ3v) is 9.84. The lowest BCUT2D eigenvalue weighted by Gasteiger charge is -2.27. The van der Waals surface area contributed by atoms with Crippen LogP contribution in [0.15, 0.2) is 95.9 Å². The fourth-order valence-corrected chi connectivity index (χ4v) is 6.58. The minimum atomic E-state index is -4.41. The van der Waals surface area contributed by atoms with E-state index < -0.39 is 47.5 Å². The van der Waals surface area contributed by atoms with Gasteiger partial charge < -0.3 is 34.8 Å². The molecule has 1 amide bonds. The number of rotatable bonds is 14. The van der Waals surface area contributed by atoms with Gasteiger partial charge in [-0.15, -0.1) is 0 Å². The summed E-state index contributed by atoms with van der Waals surface area (Å²) in [7, 11) is 0. The van der Waals surface area contributed by atoms with E-state index >= 15 is 0 Å². The zero-order chi connectivity index (χ0) is 42.9. The quantitative estimate of drug-likeness (QED) is 0.110. The van der Waals surface area contributed by atoms with Crippen molar-refractivity contribution in [3.8, 4) is 11.1 Å². The Bertz CT molecular complexity index is 2300. The van der Waals surface area contributed by atoms with E-state index in [2.05, 4.69) is 9.88 Å². The number of carboxylic acid groups (broad SMARTS) is 2. The van der Waals surface area contributed by atoms with E-state index in [1.54, 1.807) is 27.8 Å². The number of aliphatic hydroxyl groups excluding tert-OH is 2. The number of nitrogens with zero attached hydrogens (tertiary/aromatic N) is 4. The summed E-state index contributed by atoms with van der Waals surface area (Å²) in [5, 5.41) is 32.9. The second-order valence-corrected chi connectivity index (χ2v) is 13.9. The second-order valence-electron chi connectivity index (χ2n) is 13.9. The number of likely N-dealkylation sites (tertiary alicyclic amines) is 1. The normalized spacial score (nSPS) is 14.0. The molecule has 0 unspecified atom stereocenters. The molecular weight excluding hydrogens is 783 g/mol. The number of pyridine rings is 2. The molecular formula is C42H41F5N4O8. The number of alkyl halides is 3. The smallest absolute Gasteiger partial charge is 0.416 e. The Kier molecular flexibility index (Phi) is 14.6. The van der Waals surface area contributed by atoms with E-state index in [1.807, 2.05) is 24.3 Å². The number of carboxylic acids is 2. The number of carbonyl (C=O) groups is 3. The number of aliphatic hydroxyl groups is 2. The number of aliphatic carboxylic acids is 2. The van der Waals surface area contributed by atoms with Crippen LogP contribution in [0.25, 0.3) is 22.2 Å². The third-order valence-electron chi connectivity index (χ3n) is 9.84. The zero-order valence-electron chi connectivity index (χ0n) is 31.5. The average Bonchev–Trinajstić information content (AvgIpc) is 3.74. The molecule has 0 spiro atoms. The van der Waals surface area contributed by atoms with Gasteiger partial charge in [0.1, 0.15) is 12.2 Å². The summed E-state index contributed by atoms with van der Waals surface area (Å²) in [6, 6.07) is 21.1. The molecule has 3 aromatic carbocycles. The van der Waals surface area contributed by atoms with Gasteiger partial charge in [0.2, 0.25) is 5.91 Å². The summed E-state index contributed by atoms with van der Waals surface area (Å²) in [6.07, 6.45) is -4.91. The van der Waals surface area contributed by atoms with Crippen LogP contribution in [-0.4, -0.2) is 96.0 Å². The number of benzene rings is 3. The lowest BCUT2D eigenvalue weighted by atomic mass is 10.0. The van der Waals surface area contributed by atoms with E-state index in [0.717, 1.165) is 55.3 Å². The second kappa shape index (κ2) is 19.6. The van der Waals surface area contributed by atoms with Crippen LogP contribution in [0.2, 0.25) is 0 Å². The number of halogens is 5. The Hall–Kier alpha value is -6.04. The Morgan fingerprint density at radius 2 is 1.42 bits per heavy atom. The Morgan fingerprint density at radius 1 is 0.814 bits per heavy atom. The molecule has 312 valence electrons. The number of fused-ring (bicyclic) bond motifs is 1. The van der Waals surface area contributed by atoms with Crippen molar-refractivity contribution in [2.45, 2.75) is 57.2 Å². The van der Waals surface area contributed by atoms with Gasteiger partial charge in [0.05, 0.1) is 10.9 Å². The molecule has 0 saturated carbocycles. The molecule has 2 atom stereocenters. The first kappa shape index (κ1) is 44.1. The predicted octanol–water partition coefficient (Wildman–Crippen LogP) is 5.15. The molecule has 0 radical (unpaired) electrons. The van der Waals surface area contributed by atoms with Crippen LogP contribution in [0.1, 0.15) is 35.2 Å². The van der Waals surface area contributed by atoms with Crippen molar-refractivity contribution in [2.24, 2.45) is 0 Å². The number of carbonyl (C=O) groups excluding carboxylic acids is 1. The third kappa shape index (κ3) is 11.6. The van der Waals surface area contributed by atoms with E-state index in [0.29, 0.717) is 35.4 Å². The summed E-state index contributed by atoms with van der Waals surface area (Å²) >= 11 is 0. The average molecular weight is 825 g/mol. The number of amides is 1. The summed E-state index contributed by atoms with van der Waals surface area (Å²) < 4.78 is 69.2. The maximum atomic E-state index is 14.5. The molecule has 6 rings (SSSR count). The molecule has 17 heteroatoms. The largest absolute Gasteiger partial charge is 0.479 e. The van der Waals surface area contributed by atoms with Crippen molar-refractivity contribution in [2.75, 3.05) is 26.2 Å². The van der Waals surface area contributed by atoms with Gasteiger partial charge in [0, 0.05) is 37.6 Å². The number of hydrogen-bond donors (Lipinski definition) is 4. The highest BCUT2D eigenvalue weighted by atomic mass is 19.4. The first-order valence-electron chi connectivity index (χ1n) is 18.5. The molecule has 12 nitrogen and oxygen atoms in total. The van der Waals surface area contributed by atoms with E-state index in [9.17, 15) is 41.1 Å². The van der Waals surface area contributed by atoms with Crippen molar-refractivity contribution < 1.29 is 56.8 Å². The van der Waals surface area contributed by atoms with E-state index in [-0.39, 0.29) is 42.8 Å². The highest BCUT2D eigenvalue weighted by molar-refractivity contribution is 5.83. The fraction of sp³-hybridized carbons (Fsp3) is 0.310. The monoisotopic (exact) mass is 824 g/mol. The molecule has 5 aromatic rings. The van der Waals surface area contributed by atoms with Crippen molar-refractivity contribution >= 4 is 28.9 Å². The number of aryl methyl sites for hydroxylation is 2. The highest BCUT2D eigenvalue weighted by Crippen LogP contribution is 2.31. The molecule has 1 aliphatic heterocycles. The van der Waals surface area contributed by atoms with Gasteiger partial charge in [-0.3, -0.25) is 9.59 Å². The highest BCUT2D eigenvalue weighted by Gasteiger charge is 2.30. The maximum absolute atomic E-state index is 14.5.